The molecule has 1 N–H and O–H groups in total. The molecule has 3 aromatic rings. The molecular formula is C15H10ClN3O3S2. The number of nitro groups is 1. The molecule has 0 atom stereocenters. The van der Waals surface area contributed by atoms with Crippen molar-refractivity contribution in [2.75, 3.05) is 5.32 Å². The van der Waals surface area contributed by atoms with Gasteiger partial charge in [-0.05, 0) is 13.0 Å². The van der Waals surface area contributed by atoms with Crippen LogP contribution in [-0.4, -0.2) is 15.8 Å². The van der Waals surface area contributed by atoms with E-state index in [-0.39, 0.29) is 10.6 Å². The molecule has 0 saturated carbocycles. The molecule has 1 aromatic carbocycles. The zero-order valence-electron chi connectivity index (χ0n) is 12.3. The predicted octanol–water partition coefficient (Wildman–Crippen LogP) is 4.99. The van der Waals surface area contributed by atoms with Crippen LogP contribution < -0.4 is 5.32 Å². The number of anilines is 1. The Bertz CT molecular complexity index is 936. The van der Waals surface area contributed by atoms with Gasteiger partial charge in [0.05, 0.1) is 20.4 Å². The predicted molar refractivity (Wildman–Crippen MR) is 96.2 cm³/mol. The van der Waals surface area contributed by atoms with Gasteiger partial charge in [-0.2, -0.15) is 0 Å². The first-order chi connectivity index (χ1) is 11.5. The van der Waals surface area contributed by atoms with Crippen molar-refractivity contribution in [2.45, 2.75) is 6.92 Å². The van der Waals surface area contributed by atoms with Gasteiger partial charge in [0.15, 0.2) is 5.13 Å². The average molecular weight is 380 g/mol. The van der Waals surface area contributed by atoms with E-state index in [0.717, 1.165) is 16.9 Å². The Kier molecular flexibility index (Phi) is 4.61. The molecule has 0 saturated heterocycles. The van der Waals surface area contributed by atoms with E-state index in [0.29, 0.717) is 20.7 Å². The monoisotopic (exact) mass is 379 g/mol. The van der Waals surface area contributed by atoms with Crippen LogP contribution in [0.5, 0.6) is 0 Å². The largest absolute Gasteiger partial charge is 0.297 e. The second-order valence-electron chi connectivity index (χ2n) is 4.78. The van der Waals surface area contributed by atoms with Crippen LogP contribution >= 0.6 is 34.3 Å². The maximum atomic E-state index is 12.2. The van der Waals surface area contributed by atoms with Gasteiger partial charge in [-0.15, -0.1) is 22.7 Å². The summed E-state index contributed by atoms with van der Waals surface area (Å²) in [6.45, 7) is 1.61. The number of carbonyl (C=O) groups excluding carboxylic acids is 1. The quantitative estimate of drug-likeness (QED) is 0.511. The van der Waals surface area contributed by atoms with Crippen molar-refractivity contribution in [1.29, 1.82) is 0 Å². The summed E-state index contributed by atoms with van der Waals surface area (Å²) in [5, 5.41) is 16.3. The van der Waals surface area contributed by atoms with Crippen LogP contribution in [0.3, 0.4) is 0 Å². The zero-order valence-corrected chi connectivity index (χ0v) is 14.7. The number of thiazole rings is 1. The molecule has 1 amide bonds. The van der Waals surface area contributed by atoms with Crippen molar-refractivity contribution >= 4 is 51.0 Å². The Hall–Kier alpha value is -2.29. The van der Waals surface area contributed by atoms with Crippen molar-refractivity contribution in [3.8, 4) is 11.3 Å². The van der Waals surface area contributed by atoms with E-state index in [1.165, 1.54) is 17.4 Å². The fraction of sp³-hybridized carbons (Fsp3) is 0.0667. The maximum absolute atomic E-state index is 12.2. The van der Waals surface area contributed by atoms with Gasteiger partial charge in [0.1, 0.15) is 0 Å². The first-order valence-corrected chi connectivity index (χ1v) is 8.79. The molecule has 2 aromatic heterocycles. The molecule has 0 bridgehead atoms. The molecule has 0 radical (unpaired) electrons. The van der Waals surface area contributed by atoms with Crippen molar-refractivity contribution < 1.29 is 9.72 Å². The van der Waals surface area contributed by atoms with Crippen LogP contribution in [0.25, 0.3) is 11.3 Å². The highest BCUT2D eigenvalue weighted by Crippen LogP contribution is 2.32. The molecule has 0 aliphatic rings. The fourth-order valence-electron chi connectivity index (χ4n) is 2.05. The van der Waals surface area contributed by atoms with Crippen LogP contribution in [0.1, 0.15) is 14.5 Å². The number of hydrogen-bond donors (Lipinski definition) is 1. The molecule has 0 aliphatic carbocycles. The molecule has 0 fully saturated rings. The van der Waals surface area contributed by atoms with E-state index in [2.05, 4.69) is 10.3 Å². The molecule has 0 aliphatic heterocycles. The third kappa shape index (κ3) is 3.30. The van der Waals surface area contributed by atoms with Gasteiger partial charge in [0.25, 0.3) is 11.6 Å². The molecule has 24 heavy (non-hydrogen) atoms. The first-order valence-electron chi connectivity index (χ1n) is 6.72. The number of aryl methyl sites for hydroxylation is 1. The van der Waals surface area contributed by atoms with Gasteiger partial charge >= 0.3 is 0 Å². The van der Waals surface area contributed by atoms with E-state index >= 15 is 0 Å². The minimum Gasteiger partial charge on any atom is -0.297 e. The number of hydrogen-bond acceptors (Lipinski definition) is 6. The Balaban J connectivity index is 1.80. The van der Waals surface area contributed by atoms with Gasteiger partial charge in [0.2, 0.25) is 0 Å². The Morgan fingerprint density at radius 1 is 1.38 bits per heavy atom. The van der Waals surface area contributed by atoms with Crippen molar-refractivity contribution in [2.24, 2.45) is 0 Å². The molecule has 0 spiro atoms. The van der Waals surface area contributed by atoms with Crippen molar-refractivity contribution in [1.82, 2.24) is 4.98 Å². The molecular weight excluding hydrogens is 370 g/mol. The molecule has 122 valence electrons. The van der Waals surface area contributed by atoms with Gasteiger partial charge in [-0.3, -0.25) is 20.2 Å². The van der Waals surface area contributed by atoms with E-state index in [4.69, 9.17) is 11.6 Å². The highest BCUT2D eigenvalue weighted by molar-refractivity contribution is 7.15. The number of nitrogens with one attached hydrogen (secondary N) is 1. The van der Waals surface area contributed by atoms with E-state index in [1.807, 2.05) is 18.2 Å². The number of amides is 1. The second kappa shape index (κ2) is 6.68. The lowest BCUT2D eigenvalue weighted by molar-refractivity contribution is -0.385. The lowest BCUT2D eigenvalue weighted by atomic mass is 10.2. The molecule has 6 nitrogen and oxygen atoms in total. The van der Waals surface area contributed by atoms with Crippen LogP contribution in [0.4, 0.5) is 10.8 Å². The van der Waals surface area contributed by atoms with Crippen LogP contribution in [0.2, 0.25) is 5.02 Å². The lowest BCUT2D eigenvalue weighted by Crippen LogP contribution is -2.09. The minimum absolute atomic E-state index is 0.0546. The van der Waals surface area contributed by atoms with Gasteiger partial charge in [0, 0.05) is 22.0 Å². The Morgan fingerprint density at radius 3 is 2.79 bits per heavy atom. The van der Waals surface area contributed by atoms with Gasteiger partial charge in [-0.1, -0.05) is 29.8 Å². The minimum atomic E-state index is -0.498. The van der Waals surface area contributed by atoms with E-state index in [1.54, 1.807) is 18.4 Å². The Morgan fingerprint density at radius 2 is 2.12 bits per heavy atom. The van der Waals surface area contributed by atoms with Crippen LogP contribution in [0.15, 0.2) is 35.7 Å². The van der Waals surface area contributed by atoms with E-state index < -0.39 is 10.8 Å². The maximum Gasteiger partial charge on any atom is 0.283 e. The highest BCUT2D eigenvalue weighted by atomic mass is 35.5. The molecule has 2 heterocycles. The summed E-state index contributed by atoms with van der Waals surface area (Å²) in [6, 6.07) is 8.56. The number of thiophene rings is 1. The Labute approximate surface area is 149 Å². The summed E-state index contributed by atoms with van der Waals surface area (Å²) < 4.78 is 0. The topological polar surface area (TPSA) is 85.1 Å². The summed E-state index contributed by atoms with van der Waals surface area (Å²) in [5.74, 6) is -0.420. The van der Waals surface area contributed by atoms with E-state index in [9.17, 15) is 14.9 Å². The lowest BCUT2D eigenvalue weighted by Gasteiger charge is -2.00. The average Bonchev–Trinajstić information content (AvgIpc) is 3.14. The van der Waals surface area contributed by atoms with Gasteiger partial charge < -0.3 is 0 Å². The first kappa shape index (κ1) is 16.6. The number of halogens is 1. The normalized spacial score (nSPS) is 10.6. The van der Waals surface area contributed by atoms with Crippen LogP contribution in [-0.2, 0) is 0 Å². The van der Waals surface area contributed by atoms with Crippen molar-refractivity contribution in [3.63, 3.8) is 0 Å². The summed E-state index contributed by atoms with van der Waals surface area (Å²) in [6.07, 6.45) is 0. The zero-order chi connectivity index (χ0) is 17.3. The summed E-state index contributed by atoms with van der Waals surface area (Å²) in [7, 11) is 0. The number of aromatic nitrogens is 1. The third-order valence-electron chi connectivity index (χ3n) is 3.19. The number of benzene rings is 1. The van der Waals surface area contributed by atoms with Gasteiger partial charge in [-0.25, -0.2) is 4.98 Å². The number of nitrogens with zero attached hydrogens (tertiary/aromatic N) is 2. The summed E-state index contributed by atoms with van der Waals surface area (Å²) in [4.78, 5) is 27.7. The SMILES string of the molecule is Cc1sc(C(=O)Nc2nc(-c3ccccc3Cl)cs2)cc1[N+](=O)[O-]. The summed E-state index contributed by atoms with van der Waals surface area (Å²) >= 11 is 8.47. The highest BCUT2D eigenvalue weighted by Gasteiger charge is 2.20. The standard InChI is InChI=1S/C15H10ClN3O3S2/c1-8-12(19(21)22)6-13(24-8)14(20)18-15-17-11(7-23-15)9-4-2-3-5-10(9)16/h2-7H,1H3,(H,17,18,20). The molecule has 9 heteroatoms. The fourth-order valence-corrected chi connectivity index (χ4v) is 3.87. The summed E-state index contributed by atoms with van der Waals surface area (Å²) in [5.41, 5.74) is 1.38. The second-order valence-corrected chi connectivity index (χ2v) is 7.30. The molecule has 0 unspecified atom stereocenters. The number of carbonyl (C=O) groups is 1. The third-order valence-corrected chi connectivity index (χ3v) is 5.31. The smallest absolute Gasteiger partial charge is 0.283 e. The van der Waals surface area contributed by atoms with Crippen LogP contribution in [0, 0.1) is 17.0 Å². The van der Waals surface area contributed by atoms with Crippen molar-refractivity contribution in [3.05, 3.63) is 60.6 Å². The number of rotatable bonds is 4. The molecule has 3 rings (SSSR count).